The van der Waals surface area contributed by atoms with Gasteiger partial charge >= 0.3 is 0 Å². The molecule has 5 nitrogen and oxygen atoms in total. The molecule has 0 spiro atoms. The Morgan fingerprint density at radius 2 is 1.96 bits per heavy atom. The van der Waals surface area contributed by atoms with Crippen LogP contribution in [-0.2, 0) is 9.53 Å². The maximum absolute atomic E-state index is 12.5. The summed E-state index contributed by atoms with van der Waals surface area (Å²) < 4.78 is 11.3. The van der Waals surface area contributed by atoms with Gasteiger partial charge in [-0.1, -0.05) is 18.2 Å². The number of benzene rings is 2. The molecule has 1 aliphatic heterocycles. The number of amides is 1. The molecule has 1 atom stereocenters. The van der Waals surface area contributed by atoms with Crippen LogP contribution >= 0.6 is 0 Å². The Bertz CT molecular complexity index is 682. The highest BCUT2D eigenvalue weighted by Crippen LogP contribution is 2.19. The molecule has 1 N–H and O–H groups in total. The number of para-hydroxylation sites is 1. The molecule has 5 heteroatoms. The molecule has 1 unspecified atom stereocenters. The molecular weight excluding hydrogens is 328 g/mol. The normalized spacial score (nSPS) is 16.3. The van der Waals surface area contributed by atoms with E-state index in [1.807, 2.05) is 61.5 Å². The van der Waals surface area contributed by atoms with Crippen molar-refractivity contribution in [2.45, 2.75) is 25.9 Å². The minimum atomic E-state index is 0.0393. The molecule has 0 aliphatic carbocycles. The van der Waals surface area contributed by atoms with E-state index in [4.69, 9.17) is 9.47 Å². The molecule has 26 heavy (non-hydrogen) atoms. The van der Waals surface area contributed by atoms with Crippen molar-refractivity contribution in [2.75, 3.05) is 36.5 Å². The van der Waals surface area contributed by atoms with Gasteiger partial charge in [-0.25, -0.2) is 0 Å². The van der Waals surface area contributed by atoms with E-state index in [0.29, 0.717) is 13.2 Å². The van der Waals surface area contributed by atoms with Crippen LogP contribution in [0.4, 0.5) is 11.4 Å². The molecular formula is C21H26N2O3. The Morgan fingerprint density at radius 3 is 2.62 bits per heavy atom. The van der Waals surface area contributed by atoms with Crippen molar-refractivity contribution in [3.63, 3.8) is 0 Å². The Balaban J connectivity index is 1.48. The number of nitrogens with zero attached hydrogens (tertiary/aromatic N) is 1. The van der Waals surface area contributed by atoms with Crippen molar-refractivity contribution < 1.29 is 14.3 Å². The van der Waals surface area contributed by atoms with Crippen molar-refractivity contribution in [1.82, 2.24) is 0 Å². The van der Waals surface area contributed by atoms with Crippen molar-refractivity contribution in [3.05, 3.63) is 54.6 Å². The van der Waals surface area contributed by atoms with Crippen molar-refractivity contribution >= 4 is 17.3 Å². The summed E-state index contributed by atoms with van der Waals surface area (Å²) in [4.78, 5) is 14.3. The molecule has 1 aliphatic rings. The van der Waals surface area contributed by atoms with Crippen LogP contribution in [0.25, 0.3) is 0 Å². The van der Waals surface area contributed by atoms with Crippen LogP contribution in [0.15, 0.2) is 54.6 Å². The molecule has 1 heterocycles. The highest BCUT2D eigenvalue weighted by atomic mass is 16.5. The molecule has 0 radical (unpaired) electrons. The van der Waals surface area contributed by atoms with E-state index in [0.717, 1.165) is 36.6 Å². The molecule has 1 saturated heterocycles. The highest BCUT2D eigenvalue weighted by molar-refractivity contribution is 5.96. The third-order valence-electron chi connectivity index (χ3n) is 4.44. The van der Waals surface area contributed by atoms with Gasteiger partial charge in [-0.05, 0) is 56.2 Å². The summed E-state index contributed by atoms with van der Waals surface area (Å²) >= 11 is 0. The lowest BCUT2D eigenvalue weighted by atomic mass is 10.2. The first kappa shape index (κ1) is 18.3. The van der Waals surface area contributed by atoms with Crippen LogP contribution in [0.5, 0.6) is 5.75 Å². The Hall–Kier alpha value is -2.53. The molecule has 3 rings (SSSR count). The van der Waals surface area contributed by atoms with Crippen LogP contribution in [0.2, 0.25) is 0 Å². The van der Waals surface area contributed by atoms with Gasteiger partial charge in [0.1, 0.15) is 12.4 Å². The minimum absolute atomic E-state index is 0.0393. The zero-order valence-electron chi connectivity index (χ0n) is 15.2. The average molecular weight is 354 g/mol. The molecule has 138 valence electrons. The molecule has 1 amide bonds. The van der Waals surface area contributed by atoms with Crippen LogP contribution in [0, 0.1) is 0 Å². The van der Waals surface area contributed by atoms with E-state index in [2.05, 4.69) is 5.32 Å². The van der Waals surface area contributed by atoms with E-state index in [9.17, 15) is 4.79 Å². The third kappa shape index (κ3) is 4.99. The third-order valence-corrected chi connectivity index (χ3v) is 4.44. The second-order valence-electron chi connectivity index (χ2n) is 6.30. The number of ether oxygens (including phenoxy) is 2. The summed E-state index contributed by atoms with van der Waals surface area (Å²) in [6, 6.07) is 17.4. The van der Waals surface area contributed by atoms with Crippen LogP contribution in [-0.4, -0.2) is 38.3 Å². The number of carbonyl (C=O) groups excluding carboxylic acids is 1. The lowest BCUT2D eigenvalue weighted by Crippen LogP contribution is -2.35. The lowest BCUT2D eigenvalue weighted by molar-refractivity contribution is -0.116. The summed E-state index contributed by atoms with van der Waals surface area (Å²) in [7, 11) is 0. The molecule has 1 fully saturated rings. The van der Waals surface area contributed by atoms with Gasteiger partial charge in [0.05, 0.1) is 12.6 Å². The monoisotopic (exact) mass is 354 g/mol. The van der Waals surface area contributed by atoms with Crippen LogP contribution < -0.4 is 15.0 Å². The lowest BCUT2D eigenvalue weighted by Gasteiger charge is -2.21. The fourth-order valence-electron chi connectivity index (χ4n) is 3.02. The quantitative estimate of drug-likeness (QED) is 0.785. The van der Waals surface area contributed by atoms with E-state index in [1.54, 1.807) is 4.90 Å². The summed E-state index contributed by atoms with van der Waals surface area (Å²) in [6.07, 6.45) is 2.39. The molecule has 0 saturated carbocycles. The van der Waals surface area contributed by atoms with Gasteiger partial charge in [0.15, 0.2) is 0 Å². The Morgan fingerprint density at radius 1 is 1.19 bits per heavy atom. The van der Waals surface area contributed by atoms with E-state index < -0.39 is 0 Å². The highest BCUT2D eigenvalue weighted by Gasteiger charge is 2.16. The number of carbonyl (C=O) groups is 1. The SMILES string of the molecule is CCN(C(=O)CNc1ccc(OCC2CCCO2)cc1)c1ccccc1. The summed E-state index contributed by atoms with van der Waals surface area (Å²) in [5.41, 5.74) is 1.81. The maximum atomic E-state index is 12.5. The zero-order chi connectivity index (χ0) is 18.2. The largest absolute Gasteiger partial charge is 0.491 e. The topological polar surface area (TPSA) is 50.8 Å². The summed E-state index contributed by atoms with van der Waals surface area (Å²) in [5, 5.41) is 3.18. The van der Waals surface area contributed by atoms with Gasteiger partial charge in [0.2, 0.25) is 5.91 Å². The molecule has 0 bridgehead atoms. The smallest absolute Gasteiger partial charge is 0.246 e. The van der Waals surface area contributed by atoms with E-state index in [-0.39, 0.29) is 18.6 Å². The van der Waals surface area contributed by atoms with Gasteiger partial charge in [-0.2, -0.15) is 0 Å². The first-order valence-corrected chi connectivity index (χ1v) is 9.20. The fourth-order valence-corrected chi connectivity index (χ4v) is 3.02. The van der Waals surface area contributed by atoms with Gasteiger partial charge < -0.3 is 19.7 Å². The number of anilines is 2. The first-order chi connectivity index (χ1) is 12.8. The van der Waals surface area contributed by atoms with Crippen LogP contribution in [0.3, 0.4) is 0 Å². The van der Waals surface area contributed by atoms with Crippen molar-refractivity contribution in [1.29, 1.82) is 0 Å². The number of hydrogen-bond donors (Lipinski definition) is 1. The Kier molecular flexibility index (Phi) is 6.50. The van der Waals surface area contributed by atoms with Gasteiger partial charge in [-0.15, -0.1) is 0 Å². The van der Waals surface area contributed by atoms with Crippen molar-refractivity contribution in [3.8, 4) is 5.75 Å². The first-order valence-electron chi connectivity index (χ1n) is 9.20. The second kappa shape index (κ2) is 9.25. The van der Waals surface area contributed by atoms with Crippen LogP contribution in [0.1, 0.15) is 19.8 Å². The number of rotatable bonds is 8. The summed E-state index contributed by atoms with van der Waals surface area (Å²) in [5.74, 6) is 0.856. The fraction of sp³-hybridized carbons (Fsp3) is 0.381. The predicted octanol–water partition coefficient (Wildman–Crippen LogP) is 3.71. The summed E-state index contributed by atoms with van der Waals surface area (Å²) in [6.45, 7) is 4.29. The number of nitrogens with one attached hydrogen (secondary N) is 1. The predicted molar refractivity (Wildman–Crippen MR) is 104 cm³/mol. The van der Waals surface area contributed by atoms with Gasteiger partial charge in [-0.3, -0.25) is 4.79 Å². The molecule has 2 aromatic carbocycles. The zero-order valence-corrected chi connectivity index (χ0v) is 15.2. The standard InChI is InChI=1S/C21H26N2O3/c1-2-23(18-7-4-3-5-8-18)21(24)15-22-17-10-12-19(13-11-17)26-16-20-9-6-14-25-20/h3-5,7-8,10-13,20,22H,2,6,9,14-16H2,1H3. The average Bonchev–Trinajstić information content (AvgIpc) is 3.21. The molecule has 2 aromatic rings. The van der Waals surface area contributed by atoms with Gasteiger partial charge in [0, 0.05) is 24.5 Å². The number of likely N-dealkylation sites (N-methyl/N-ethyl adjacent to an activating group) is 1. The second-order valence-corrected chi connectivity index (χ2v) is 6.30. The van der Waals surface area contributed by atoms with E-state index >= 15 is 0 Å². The van der Waals surface area contributed by atoms with Crippen molar-refractivity contribution in [2.24, 2.45) is 0 Å². The van der Waals surface area contributed by atoms with Gasteiger partial charge in [0.25, 0.3) is 0 Å². The number of hydrogen-bond acceptors (Lipinski definition) is 4. The maximum Gasteiger partial charge on any atom is 0.246 e. The minimum Gasteiger partial charge on any atom is -0.491 e. The molecule has 0 aromatic heterocycles. The Labute approximate surface area is 154 Å². The van der Waals surface area contributed by atoms with E-state index in [1.165, 1.54) is 0 Å².